The fourth-order valence-corrected chi connectivity index (χ4v) is 3.01. The quantitative estimate of drug-likeness (QED) is 0.215. The summed E-state index contributed by atoms with van der Waals surface area (Å²) in [7, 11) is 1.88. The van der Waals surface area contributed by atoms with Crippen molar-refractivity contribution in [2.24, 2.45) is 0 Å². The summed E-state index contributed by atoms with van der Waals surface area (Å²) in [6.45, 7) is 4.77. The highest BCUT2D eigenvalue weighted by Crippen LogP contribution is 2.13. The fraction of sp³-hybridized carbons (Fsp3) is 0.955. The molecule has 0 aliphatic rings. The van der Waals surface area contributed by atoms with Crippen LogP contribution in [0.1, 0.15) is 117 Å². The Kier molecular flexibility index (Phi) is 19.3. The van der Waals surface area contributed by atoms with E-state index in [0.717, 1.165) is 12.8 Å². The van der Waals surface area contributed by atoms with Crippen LogP contribution in [0.25, 0.3) is 0 Å². The minimum Gasteiger partial charge on any atom is -0.464 e. The summed E-state index contributed by atoms with van der Waals surface area (Å²) in [5.41, 5.74) is 0. The van der Waals surface area contributed by atoms with Gasteiger partial charge in [0.1, 0.15) is 6.61 Å². The van der Waals surface area contributed by atoms with Crippen molar-refractivity contribution in [3.63, 3.8) is 0 Å². The molecule has 0 amide bonds. The molecule has 0 fully saturated rings. The molecule has 0 saturated carbocycles. The van der Waals surface area contributed by atoms with E-state index in [1.54, 1.807) is 0 Å². The third-order valence-corrected chi connectivity index (χ3v) is 4.97. The second-order valence-corrected chi connectivity index (χ2v) is 7.57. The van der Waals surface area contributed by atoms with Gasteiger partial charge in [0, 0.05) is 12.5 Å². The molecule has 1 atom stereocenters. The Morgan fingerprint density at radius 1 is 0.760 bits per heavy atom. The summed E-state index contributed by atoms with van der Waals surface area (Å²) in [5, 5.41) is 3.07. The molecule has 3 heteroatoms. The Balaban J connectivity index is 3.12. The summed E-state index contributed by atoms with van der Waals surface area (Å²) in [6, 6.07) is 0.241. The van der Waals surface area contributed by atoms with E-state index in [4.69, 9.17) is 4.74 Å². The molecule has 0 radical (unpaired) electrons. The molecule has 1 N–H and O–H groups in total. The highest BCUT2D eigenvalue weighted by atomic mass is 16.5. The van der Waals surface area contributed by atoms with Gasteiger partial charge in [0.15, 0.2) is 0 Å². The van der Waals surface area contributed by atoms with Gasteiger partial charge in [-0.1, -0.05) is 96.8 Å². The lowest BCUT2D eigenvalue weighted by atomic mass is 10.0. The second kappa shape index (κ2) is 19.8. The summed E-state index contributed by atoms with van der Waals surface area (Å²) in [5.74, 6) is -0.0446. The van der Waals surface area contributed by atoms with Gasteiger partial charge in [-0.05, 0) is 20.4 Å². The molecular formula is C22H45NO2. The van der Waals surface area contributed by atoms with Gasteiger partial charge in [0.2, 0.25) is 0 Å². The molecule has 0 aromatic carbocycles. The third kappa shape index (κ3) is 19.6. The number of likely N-dealkylation sites (N-methyl/N-ethyl adjacent to an activating group) is 1. The largest absolute Gasteiger partial charge is 0.464 e. The molecule has 0 aromatic heterocycles. The molecule has 0 aliphatic carbocycles. The van der Waals surface area contributed by atoms with Gasteiger partial charge >= 0.3 is 5.97 Å². The van der Waals surface area contributed by atoms with Gasteiger partial charge in [-0.15, -0.1) is 0 Å². The lowest BCUT2D eigenvalue weighted by Gasteiger charge is -2.10. The number of hydrogen-bond acceptors (Lipinski definition) is 3. The highest BCUT2D eigenvalue weighted by Gasteiger charge is 2.05. The number of ether oxygens (including phenoxy) is 1. The van der Waals surface area contributed by atoms with E-state index in [0.29, 0.717) is 13.0 Å². The number of unbranched alkanes of at least 4 members (excludes halogenated alkanes) is 14. The van der Waals surface area contributed by atoms with Crippen molar-refractivity contribution in [2.75, 3.05) is 13.7 Å². The number of carbonyl (C=O) groups is 1. The Morgan fingerprint density at radius 3 is 1.56 bits per heavy atom. The van der Waals surface area contributed by atoms with Crippen LogP contribution in [0.3, 0.4) is 0 Å². The molecule has 0 bridgehead atoms. The van der Waals surface area contributed by atoms with E-state index in [1.165, 1.54) is 83.5 Å². The lowest BCUT2D eigenvalue weighted by molar-refractivity contribution is -0.144. The minimum absolute atomic E-state index is 0.0446. The molecule has 0 rings (SSSR count). The van der Waals surface area contributed by atoms with Gasteiger partial charge in [0.05, 0.1) is 0 Å². The van der Waals surface area contributed by atoms with Crippen molar-refractivity contribution < 1.29 is 9.53 Å². The average Bonchev–Trinajstić information content (AvgIpc) is 2.62. The molecule has 0 spiro atoms. The normalized spacial score (nSPS) is 12.3. The molecule has 150 valence electrons. The molecular weight excluding hydrogens is 310 g/mol. The van der Waals surface area contributed by atoms with Gasteiger partial charge in [-0.2, -0.15) is 0 Å². The van der Waals surface area contributed by atoms with Crippen molar-refractivity contribution in [1.82, 2.24) is 5.32 Å². The first-order chi connectivity index (χ1) is 12.2. The van der Waals surface area contributed by atoms with Crippen molar-refractivity contribution in [1.29, 1.82) is 0 Å². The number of nitrogens with one attached hydrogen (secondary N) is 1. The van der Waals surface area contributed by atoms with Crippen LogP contribution in [0.5, 0.6) is 0 Å². The standard InChI is InChI=1S/C22H45NO2/c1-4-5-6-7-8-9-10-11-12-13-14-15-16-17-18-19-22(24)25-20-21(2)23-3/h21,23H,4-20H2,1-3H3. The van der Waals surface area contributed by atoms with E-state index in [9.17, 15) is 4.79 Å². The van der Waals surface area contributed by atoms with Crippen molar-refractivity contribution in [3.05, 3.63) is 0 Å². The minimum atomic E-state index is -0.0446. The van der Waals surface area contributed by atoms with Crippen LogP contribution in [0.15, 0.2) is 0 Å². The van der Waals surface area contributed by atoms with Gasteiger partial charge in [0.25, 0.3) is 0 Å². The van der Waals surface area contributed by atoms with Crippen molar-refractivity contribution in [2.45, 2.75) is 123 Å². The van der Waals surface area contributed by atoms with E-state index in [2.05, 4.69) is 12.2 Å². The maximum absolute atomic E-state index is 11.5. The number of carbonyl (C=O) groups excluding carboxylic acids is 1. The monoisotopic (exact) mass is 355 g/mol. The predicted molar refractivity (Wildman–Crippen MR) is 109 cm³/mol. The predicted octanol–water partition coefficient (Wildman–Crippen LogP) is 6.40. The van der Waals surface area contributed by atoms with E-state index >= 15 is 0 Å². The van der Waals surface area contributed by atoms with Crippen LogP contribution in [-0.2, 0) is 9.53 Å². The maximum atomic E-state index is 11.5. The van der Waals surface area contributed by atoms with E-state index in [1.807, 2.05) is 14.0 Å². The maximum Gasteiger partial charge on any atom is 0.305 e. The van der Waals surface area contributed by atoms with Gasteiger partial charge in [-0.3, -0.25) is 4.79 Å². The van der Waals surface area contributed by atoms with Crippen molar-refractivity contribution in [3.8, 4) is 0 Å². The lowest BCUT2D eigenvalue weighted by Crippen LogP contribution is -2.28. The number of hydrogen-bond donors (Lipinski definition) is 1. The summed E-state index contributed by atoms with van der Waals surface area (Å²) < 4.78 is 5.21. The van der Waals surface area contributed by atoms with Crippen LogP contribution in [0.2, 0.25) is 0 Å². The average molecular weight is 356 g/mol. The van der Waals surface area contributed by atoms with E-state index < -0.39 is 0 Å². The summed E-state index contributed by atoms with van der Waals surface area (Å²) in [4.78, 5) is 11.5. The molecule has 0 heterocycles. The molecule has 0 aliphatic heterocycles. The van der Waals surface area contributed by atoms with Gasteiger partial charge in [-0.25, -0.2) is 0 Å². The second-order valence-electron chi connectivity index (χ2n) is 7.57. The summed E-state index contributed by atoms with van der Waals surface area (Å²) in [6.07, 6.45) is 20.8. The first kappa shape index (κ1) is 24.4. The molecule has 0 saturated heterocycles. The zero-order chi connectivity index (χ0) is 18.6. The third-order valence-electron chi connectivity index (χ3n) is 4.97. The molecule has 25 heavy (non-hydrogen) atoms. The number of rotatable bonds is 19. The smallest absolute Gasteiger partial charge is 0.305 e. The van der Waals surface area contributed by atoms with Gasteiger partial charge < -0.3 is 10.1 Å². The highest BCUT2D eigenvalue weighted by molar-refractivity contribution is 5.69. The topological polar surface area (TPSA) is 38.3 Å². The molecule has 0 aromatic rings. The fourth-order valence-electron chi connectivity index (χ4n) is 3.01. The van der Waals surface area contributed by atoms with Crippen LogP contribution in [0.4, 0.5) is 0 Å². The Labute approximate surface area is 157 Å². The Morgan fingerprint density at radius 2 is 1.16 bits per heavy atom. The van der Waals surface area contributed by atoms with Crippen LogP contribution < -0.4 is 5.32 Å². The van der Waals surface area contributed by atoms with Crippen LogP contribution >= 0.6 is 0 Å². The molecule has 1 unspecified atom stereocenters. The van der Waals surface area contributed by atoms with Crippen molar-refractivity contribution >= 4 is 5.97 Å². The SMILES string of the molecule is CCCCCCCCCCCCCCCCCC(=O)OCC(C)NC. The summed E-state index contributed by atoms with van der Waals surface area (Å²) >= 11 is 0. The first-order valence-electron chi connectivity index (χ1n) is 11.0. The van der Waals surface area contributed by atoms with E-state index in [-0.39, 0.29) is 12.0 Å². The zero-order valence-corrected chi connectivity index (χ0v) is 17.4. The van der Waals surface area contributed by atoms with Crippen LogP contribution in [0, 0.1) is 0 Å². The first-order valence-corrected chi connectivity index (χ1v) is 11.0. The van der Waals surface area contributed by atoms with Crippen LogP contribution in [-0.4, -0.2) is 25.7 Å². The molecule has 3 nitrogen and oxygen atoms in total. The number of esters is 1. The Hall–Kier alpha value is -0.570. The zero-order valence-electron chi connectivity index (χ0n) is 17.4. The Bertz CT molecular complexity index is 281.